The molecule has 2 heterocycles. The van der Waals surface area contributed by atoms with Crippen molar-refractivity contribution in [3.8, 4) is 17.1 Å². The summed E-state index contributed by atoms with van der Waals surface area (Å²) in [5.41, 5.74) is 0.886. The first-order valence-corrected chi connectivity index (χ1v) is 11.6. The smallest absolute Gasteiger partial charge is 0.248 e. The van der Waals surface area contributed by atoms with Crippen LogP contribution in [0.1, 0.15) is 26.7 Å². The summed E-state index contributed by atoms with van der Waals surface area (Å²) in [7, 11) is 0. The van der Waals surface area contributed by atoms with Crippen LogP contribution in [0.25, 0.3) is 11.4 Å². The Labute approximate surface area is 199 Å². The molecule has 3 rings (SSSR count). The fraction of sp³-hybridized carbons (Fsp3) is 0.500. The molecule has 34 heavy (non-hydrogen) atoms. The van der Waals surface area contributed by atoms with Gasteiger partial charge in [0, 0.05) is 37.6 Å². The van der Waals surface area contributed by atoms with Crippen LogP contribution in [-0.2, 0) is 20.9 Å². The van der Waals surface area contributed by atoms with Crippen molar-refractivity contribution in [2.75, 3.05) is 32.8 Å². The summed E-state index contributed by atoms with van der Waals surface area (Å²) in [6.45, 7) is 4.43. The first-order chi connectivity index (χ1) is 16.4. The first-order valence-electron chi connectivity index (χ1n) is 11.6. The van der Waals surface area contributed by atoms with Crippen LogP contribution >= 0.6 is 0 Å². The van der Waals surface area contributed by atoms with Gasteiger partial charge in [0.1, 0.15) is 24.2 Å². The molecule has 1 aliphatic rings. The van der Waals surface area contributed by atoms with Gasteiger partial charge in [-0.05, 0) is 30.9 Å². The third kappa shape index (κ3) is 7.05. The van der Waals surface area contributed by atoms with Gasteiger partial charge in [0.05, 0.1) is 13.2 Å². The topological polar surface area (TPSA) is 126 Å². The largest absolute Gasteiger partial charge is 0.494 e. The van der Waals surface area contributed by atoms with Crippen LogP contribution in [0.2, 0.25) is 0 Å². The van der Waals surface area contributed by atoms with Crippen LogP contribution in [0.4, 0.5) is 0 Å². The predicted octanol–water partition coefficient (Wildman–Crippen LogP) is 0.801. The van der Waals surface area contributed by atoms with Crippen LogP contribution in [-0.4, -0.2) is 76.2 Å². The minimum Gasteiger partial charge on any atom is -0.494 e. The lowest BCUT2D eigenvalue weighted by atomic mass is 10.0. The third-order valence-corrected chi connectivity index (χ3v) is 5.48. The Morgan fingerprint density at radius 1 is 1.29 bits per heavy atom. The molecule has 0 radical (unpaired) electrons. The Morgan fingerprint density at radius 2 is 2.12 bits per heavy atom. The molecular formula is C24H33N5O5. The number of aliphatic hydroxyl groups excluding tert-OH is 1. The maximum Gasteiger partial charge on any atom is 0.248 e. The Balaban J connectivity index is 1.83. The standard InChI is InChI=1S/C24H33N5O5/c1-17(2)13-20-24(33)26-8-11-28-10-7-25-23(28)18-5-3-6-19(14-18)34-12-4-9-29(22(32)16-30)15-21(31)27-20/h3,5-7,10,14,17,20,30H,4,8-9,11-13,15-16H2,1-2H3,(H,26,33)(H,27,31)/t20-/m1/s1. The van der Waals surface area contributed by atoms with Gasteiger partial charge in [-0.3, -0.25) is 14.4 Å². The molecule has 0 spiro atoms. The van der Waals surface area contributed by atoms with E-state index in [1.54, 1.807) is 6.20 Å². The number of hydrogen-bond acceptors (Lipinski definition) is 6. The zero-order chi connectivity index (χ0) is 24.5. The minimum atomic E-state index is -0.722. The average molecular weight is 472 g/mol. The summed E-state index contributed by atoms with van der Waals surface area (Å²) in [4.78, 5) is 43.4. The van der Waals surface area contributed by atoms with E-state index in [4.69, 9.17) is 4.74 Å². The number of ether oxygens (including phenoxy) is 1. The van der Waals surface area contributed by atoms with Crippen molar-refractivity contribution in [2.24, 2.45) is 5.92 Å². The number of rotatable bonds is 3. The number of aromatic nitrogens is 2. The predicted molar refractivity (Wildman–Crippen MR) is 126 cm³/mol. The molecule has 184 valence electrons. The van der Waals surface area contributed by atoms with Crippen LogP contribution in [0.15, 0.2) is 36.7 Å². The summed E-state index contributed by atoms with van der Waals surface area (Å²) < 4.78 is 7.81. The van der Waals surface area contributed by atoms with Crippen LogP contribution in [0.5, 0.6) is 5.75 Å². The van der Waals surface area contributed by atoms with Gasteiger partial charge in [0.15, 0.2) is 0 Å². The number of carbonyl (C=O) groups excluding carboxylic acids is 3. The van der Waals surface area contributed by atoms with Gasteiger partial charge >= 0.3 is 0 Å². The molecule has 1 aromatic heterocycles. The zero-order valence-corrected chi connectivity index (χ0v) is 19.7. The fourth-order valence-electron chi connectivity index (χ4n) is 3.85. The number of hydrogen-bond donors (Lipinski definition) is 3. The number of fused-ring (bicyclic) bond motifs is 4. The van der Waals surface area contributed by atoms with Gasteiger partial charge in [0.25, 0.3) is 0 Å². The second kappa shape index (κ2) is 12.2. The van der Waals surface area contributed by atoms with Gasteiger partial charge in [-0.1, -0.05) is 26.0 Å². The van der Waals surface area contributed by atoms with E-state index in [9.17, 15) is 19.5 Å². The molecule has 10 nitrogen and oxygen atoms in total. The Kier molecular flexibility index (Phi) is 9.03. The number of nitrogens with zero attached hydrogens (tertiary/aromatic N) is 3. The van der Waals surface area contributed by atoms with Crippen molar-refractivity contribution in [1.29, 1.82) is 0 Å². The molecule has 1 aliphatic heterocycles. The van der Waals surface area contributed by atoms with Crippen molar-refractivity contribution in [3.63, 3.8) is 0 Å². The Hall–Kier alpha value is -3.40. The van der Waals surface area contributed by atoms with Gasteiger partial charge in [-0.25, -0.2) is 4.98 Å². The zero-order valence-electron chi connectivity index (χ0n) is 19.7. The molecule has 0 aliphatic carbocycles. The summed E-state index contributed by atoms with van der Waals surface area (Å²) in [5.74, 6) is 0.315. The summed E-state index contributed by atoms with van der Waals surface area (Å²) >= 11 is 0. The molecule has 0 saturated heterocycles. The normalized spacial score (nSPS) is 18.2. The number of benzene rings is 1. The molecule has 0 unspecified atom stereocenters. The number of nitrogens with one attached hydrogen (secondary N) is 2. The summed E-state index contributed by atoms with van der Waals surface area (Å²) in [6, 6.07) is 6.84. The molecule has 3 amide bonds. The molecule has 2 bridgehead atoms. The van der Waals surface area contributed by atoms with E-state index < -0.39 is 24.5 Å². The van der Waals surface area contributed by atoms with E-state index in [-0.39, 0.29) is 24.9 Å². The number of amides is 3. The molecule has 2 aromatic rings. The molecular weight excluding hydrogens is 438 g/mol. The molecule has 1 aromatic carbocycles. The van der Waals surface area contributed by atoms with E-state index >= 15 is 0 Å². The van der Waals surface area contributed by atoms with Crippen molar-refractivity contribution < 1.29 is 24.2 Å². The number of aliphatic hydroxyl groups is 1. The molecule has 0 saturated carbocycles. The van der Waals surface area contributed by atoms with Gasteiger partial charge < -0.3 is 29.9 Å². The van der Waals surface area contributed by atoms with E-state index in [0.717, 1.165) is 11.4 Å². The van der Waals surface area contributed by atoms with Crippen molar-refractivity contribution in [1.82, 2.24) is 25.1 Å². The lowest BCUT2D eigenvalue weighted by molar-refractivity contribution is -0.139. The maximum absolute atomic E-state index is 12.9. The molecule has 3 N–H and O–H groups in total. The van der Waals surface area contributed by atoms with Gasteiger partial charge in [-0.2, -0.15) is 0 Å². The lowest BCUT2D eigenvalue weighted by Crippen LogP contribution is -2.51. The highest BCUT2D eigenvalue weighted by Crippen LogP contribution is 2.23. The van der Waals surface area contributed by atoms with E-state index in [1.165, 1.54) is 4.90 Å². The monoisotopic (exact) mass is 471 g/mol. The highest BCUT2D eigenvalue weighted by molar-refractivity contribution is 5.90. The van der Waals surface area contributed by atoms with E-state index in [1.807, 2.05) is 48.9 Å². The fourth-order valence-corrected chi connectivity index (χ4v) is 3.85. The van der Waals surface area contributed by atoms with Crippen molar-refractivity contribution >= 4 is 17.7 Å². The number of imidazole rings is 1. The quantitative estimate of drug-likeness (QED) is 0.608. The second-order valence-corrected chi connectivity index (χ2v) is 8.69. The summed E-state index contributed by atoms with van der Waals surface area (Å²) in [6.07, 6.45) is 4.49. The SMILES string of the molecule is CC(C)C[C@H]1NC(=O)CN(C(=O)CO)CCCOc2cccc(c2)-c2nccn2CCNC1=O. The van der Waals surface area contributed by atoms with Crippen molar-refractivity contribution in [3.05, 3.63) is 36.7 Å². The Bertz CT molecular complexity index is 990. The number of carbonyl (C=O) groups is 3. The maximum atomic E-state index is 12.9. The highest BCUT2D eigenvalue weighted by atomic mass is 16.5. The van der Waals surface area contributed by atoms with Crippen molar-refractivity contribution in [2.45, 2.75) is 39.3 Å². The van der Waals surface area contributed by atoms with Crippen LogP contribution in [0, 0.1) is 5.92 Å². The van der Waals surface area contributed by atoms with Gasteiger partial charge in [-0.15, -0.1) is 0 Å². The third-order valence-electron chi connectivity index (χ3n) is 5.48. The highest BCUT2D eigenvalue weighted by Gasteiger charge is 2.24. The van der Waals surface area contributed by atoms with Gasteiger partial charge in [0.2, 0.25) is 17.7 Å². The van der Waals surface area contributed by atoms with E-state index in [2.05, 4.69) is 15.6 Å². The van der Waals surface area contributed by atoms with Crippen LogP contribution in [0.3, 0.4) is 0 Å². The molecule has 1 atom stereocenters. The summed E-state index contributed by atoms with van der Waals surface area (Å²) in [5, 5.41) is 15.0. The lowest BCUT2D eigenvalue weighted by Gasteiger charge is -2.24. The van der Waals surface area contributed by atoms with E-state index in [0.29, 0.717) is 38.3 Å². The minimum absolute atomic E-state index is 0.175. The molecule has 0 fully saturated rings. The van der Waals surface area contributed by atoms with Crippen LogP contribution < -0.4 is 15.4 Å². The molecule has 10 heteroatoms. The Morgan fingerprint density at radius 3 is 2.88 bits per heavy atom. The second-order valence-electron chi connectivity index (χ2n) is 8.69. The average Bonchev–Trinajstić information content (AvgIpc) is 3.28. The first kappa shape index (κ1) is 25.2.